The summed E-state index contributed by atoms with van der Waals surface area (Å²) in [6.45, 7) is 0.471. The molecule has 0 fully saturated rings. The van der Waals surface area contributed by atoms with Gasteiger partial charge in [0.25, 0.3) is 0 Å². The summed E-state index contributed by atoms with van der Waals surface area (Å²) < 4.78 is 5.34. The third-order valence-corrected chi connectivity index (χ3v) is 3.64. The van der Waals surface area contributed by atoms with Gasteiger partial charge in [-0.15, -0.1) is 11.3 Å². The first-order valence-electron chi connectivity index (χ1n) is 4.64. The molecule has 2 heterocycles. The van der Waals surface area contributed by atoms with Crippen LogP contribution in [0.25, 0.3) is 11.3 Å². The summed E-state index contributed by atoms with van der Waals surface area (Å²) in [5, 5.41) is 6.10. The third kappa shape index (κ3) is 0.980. The van der Waals surface area contributed by atoms with Gasteiger partial charge in [-0.1, -0.05) is 5.16 Å². The van der Waals surface area contributed by atoms with Crippen LogP contribution in [0.4, 0.5) is 0 Å². The molecule has 0 aliphatic heterocycles. The quantitative estimate of drug-likeness (QED) is 0.776. The molecule has 0 atom stereocenters. The van der Waals surface area contributed by atoms with Crippen molar-refractivity contribution < 1.29 is 4.52 Å². The molecule has 72 valence electrons. The molecule has 3 nitrogen and oxygen atoms in total. The number of aromatic nitrogens is 1. The van der Waals surface area contributed by atoms with Gasteiger partial charge in [-0.2, -0.15) is 0 Å². The standard InChI is InChI=1S/C10H10N2OS/c11-5-8-6-1-2-9-7(3-4-14-9)10(6)13-12-8/h3-4H,1-2,5,11H2. The van der Waals surface area contributed by atoms with Crippen LogP contribution in [0.1, 0.15) is 16.1 Å². The second-order valence-electron chi connectivity index (χ2n) is 3.40. The molecule has 1 aliphatic rings. The van der Waals surface area contributed by atoms with Crippen molar-refractivity contribution in [3.05, 3.63) is 27.6 Å². The molecule has 2 N–H and O–H groups in total. The summed E-state index contributed by atoms with van der Waals surface area (Å²) >= 11 is 1.79. The smallest absolute Gasteiger partial charge is 0.171 e. The van der Waals surface area contributed by atoms with E-state index in [2.05, 4.69) is 16.6 Å². The van der Waals surface area contributed by atoms with Gasteiger partial charge in [-0.25, -0.2) is 0 Å². The van der Waals surface area contributed by atoms with Crippen LogP contribution in [0, 0.1) is 0 Å². The molecule has 0 saturated carbocycles. The fourth-order valence-corrected chi connectivity index (χ4v) is 2.82. The lowest BCUT2D eigenvalue weighted by atomic mass is 9.96. The molecular weight excluding hydrogens is 196 g/mol. The lowest BCUT2D eigenvalue weighted by molar-refractivity contribution is 0.423. The monoisotopic (exact) mass is 206 g/mol. The van der Waals surface area contributed by atoms with Gasteiger partial charge in [-0.05, 0) is 24.3 Å². The van der Waals surface area contributed by atoms with Crippen molar-refractivity contribution in [1.82, 2.24) is 5.16 Å². The lowest BCUT2D eigenvalue weighted by Crippen LogP contribution is -2.04. The predicted octanol–water partition coefficient (Wildman–Crippen LogP) is 1.96. The zero-order valence-corrected chi connectivity index (χ0v) is 8.43. The Labute approximate surface area is 85.5 Å². The van der Waals surface area contributed by atoms with E-state index in [1.807, 2.05) is 0 Å². The van der Waals surface area contributed by atoms with Crippen LogP contribution in [0.15, 0.2) is 16.0 Å². The number of rotatable bonds is 1. The van der Waals surface area contributed by atoms with Gasteiger partial charge in [0.15, 0.2) is 5.76 Å². The number of fused-ring (bicyclic) bond motifs is 3. The molecule has 0 saturated heterocycles. The number of nitrogens with two attached hydrogens (primary N) is 1. The van der Waals surface area contributed by atoms with E-state index in [4.69, 9.17) is 10.3 Å². The van der Waals surface area contributed by atoms with E-state index in [-0.39, 0.29) is 0 Å². The summed E-state index contributed by atoms with van der Waals surface area (Å²) in [5.74, 6) is 0.938. The maximum absolute atomic E-state index is 5.59. The van der Waals surface area contributed by atoms with Crippen molar-refractivity contribution in [2.75, 3.05) is 0 Å². The Hall–Kier alpha value is -1.13. The first kappa shape index (κ1) is 8.20. The van der Waals surface area contributed by atoms with Crippen molar-refractivity contribution in [2.45, 2.75) is 19.4 Å². The molecule has 0 aromatic carbocycles. The highest BCUT2D eigenvalue weighted by molar-refractivity contribution is 7.10. The molecule has 2 aromatic rings. The van der Waals surface area contributed by atoms with E-state index in [0.29, 0.717) is 6.54 Å². The van der Waals surface area contributed by atoms with Crippen LogP contribution < -0.4 is 5.73 Å². The number of hydrogen-bond donors (Lipinski definition) is 1. The second kappa shape index (κ2) is 2.93. The van der Waals surface area contributed by atoms with Gasteiger partial charge in [0, 0.05) is 22.5 Å². The van der Waals surface area contributed by atoms with Crippen molar-refractivity contribution >= 4 is 11.3 Å². The molecule has 4 heteroatoms. The third-order valence-electron chi connectivity index (χ3n) is 2.66. The largest absolute Gasteiger partial charge is 0.356 e. The molecule has 14 heavy (non-hydrogen) atoms. The molecule has 2 aromatic heterocycles. The highest BCUT2D eigenvalue weighted by Crippen LogP contribution is 2.37. The predicted molar refractivity (Wildman–Crippen MR) is 55.1 cm³/mol. The van der Waals surface area contributed by atoms with Crippen LogP contribution in [-0.4, -0.2) is 5.16 Å². The Morgan fingerprint density at radius 2 is 2.43 bits per heavy atom. The maximum atomic E-state index is 5.59. The summed E-state index contributed by atoms with van der Waals surface area (Å²) in [5.41, 5.74) is 8.93. The van der Waals surface area contributed by atoms with Gasteiger partial charge in [0.2, 0.25) is 0 Å². The fraction of sp³-hybridized carbons (Fsp3) is 0.300. The highest BCUT2D eigenvalue weighted by atomic mass is 32.1. The minimum Gasteiger partial charge on any atom is -0.356 e. The average molecular weight is 206 g/mol. The van der Waals surface area contributed by atoms with Gasteiger partial charge in [-0.3, -0.25) is 0 Å². The van der Waals surface area contributed by atoms with Crippen molar-refractivity contribution in [3.63, 3.8) is 0 Å². The first-order chi connectivity index (χ1) is 6.90. The van der Waals surface area contributed by atoms with Crippen LogP contribution in [0.2, 0.25) is 0 Å². The number of aryl methyl sites for hydroxylation is 1. The Balaban J connectivity index is 2.22. The molecule has 0 bridgehead atoms. The topological polar surface area (TPSA) is 52.0 Å². The summed E-state index contributed by atoms with van der Waals surface area (Å²) in [4.78, 5) is 1.40. The van der Waals surface area contributed by atoms with E-state index >= 15 is 0 Å². The van der Waals surface area contributed by atoms with Crippen LogP contribution in [-0.2, 0) is 19.4 Å². The van der Waals surface area contributed by atoms with E-state index in [1.165, 1.54) is 16.0 Å². The Morgan fingerprint density at radius 1 is 1.50 bits per heavy atom. The van der Waals surface area contributed by atoms with E-state index in [9.17, 15) is 0 Å². The second-order valence-corrected chi connectivity index (χ2v) is 4.40. The van der Waals surface area contributed by atoms with Gasteiger partial charge in [0.05, 0.1) is 0 Å². The molecular formula is C10H10N2OS. The molecule has 0 unspecified atom stereocenters. The minimum absolute atomic E-state index is 0.471. The highest BCUT2D eigenvalue weighted by Gasteiger charge is 2.24. The number of hydrogen-bond acceptors (Lipinski definition) is 4. The van der Waals surface area contributed by atoms with Gasteiger partial charge < -0.3 is 10.3 Å². The van der Waals surface area contributed by atoms with Crippen LogP contribution in [0.5, 0.6) is 0 Å². The molecule has 0 amide bonds. The Bertz CT molecular complexity index is 472. The van der Waals surface area contributed by atoms with E-state index < -0.39 is 0 Å². The molecule has 0 radical (unpaired) electrons. The molecule has 3 rings (SSSR count). The van der Waals surface area contributed by atoms with E-state index in [1.54, 1.807) is 11.3 Å². The number of thiophene rings is 1. The van der Waals surface area contributed by atoms with E-state index in [0.717, 1.165) is 24.3 Å². The zero-order valence-electron chi connectivity index (χ0n) is 7.62. The lowest BCUT2D eigenvalue weighted by Gasteiger charge is -2.09. The van der Waals surface area contributed by atoms with Crippen molar-refractivity contribution in [2.24, 2.45) is 5.73 Å². The molecule has 0 spiro atoms. The normalized spacial score (nSPS) is 13.8. The summed E-state index contributed by atoms with van der Waals surface area (Å²) in [7, 11) is 0. The minimum atomic E-state index is 0.471. The van der Waals surface area contributed by atoms with Gasteiger partial charge in [0.1, 0.15) is 5.69 Å². The maximum Gasteiger partial charge on any atom is 0.171 e. The zero-order chi connectivity index (χ0) is 9.54. The van der Waals surface area contributed by atoms with Crippen molar-refractivity contribution in [3.8, 4) is 11.3 Å². The SMILES string of the molecule is NCc1noc2c1CCc1sccc1-2. The Kier molecular flexibility index (Phi) is 1.72. The first-order valence-corrected chi connectivity index (χ1v) is 5.52. The summed E-state index contributed by atoms with van der Waals surface area (Å²) in [6.07, 6.45) is 2.10. The van der Waals surface area contributed by atoms with Crippen LogP contribution in [0.3, 0.4) is 0 Å². The molecule has 1 aliphatic carbocycles. The summed E-state index contributed by atoms with van der Waals surface area (Å²) in [6, 6.07) is 2.10. The van der Waals surface area contributed by atoms with Crippen LogP contribution >= 0.6 is 11.3 Å². The number of nitrogens with zero attached hydrogens (tertiary/aromatic N) is 1. The van der Waals surface area contributed by atoms with Gasteiger partial charge >= 0.3 is 0 Å². The van der Waals surface area contributed by atoms with Crippen molar-refractivity contribution in [1.29, 1.82) is 0 Å². The fourth-order valence-electron chi connectivity index (χ4n) is 1.95. The Morgan fingerprint density at radius 3 is 3.29 bits per heavy atom. The average Bonchev–Trinajstić information content (AvgIpc) is 2.82.